The summed E-state index contributed by atoms with van der Waals surface area (Å²) in [5, 5.41) is 12.0. The highest BCUT2D eigenvalue weighted by molar-refractivity contribution is 7.18. The zero-order valence-electron chi connectivity index (χ0n) is 14.6. The first kappa shape index (κ1) is 17.6. The molecule has 1 amide bonds. The molecule has 0 aliphatic carbocycles. The highest BCUT2D eigenvalue weighted by Gasteiger charge is 2.26. The topological polar surface area (TPSA) is 80.8 Å². The summed E-state index contributed by atoms with van der Waals surface area (Å²) in [7, 11) is 0. The first-order chi connectivity index (χ1) is 13.1. The number of fused-ring (bicyclic) bond motifs is 1. The van der Waals surface area contributed by atoms with Gasteiger partial charge in [0.1, 0.15) is 11.6 Å². The summed E-state index contributed by atoms with van der Waals surface area (Å²) in [5.74, 6) is -0.141. The fourth-order valence-corrected chi connectivity index (χ4v) is 4.39. The number of para-hydroxylation sites is 1. The molecule has 1 fully saturated rings. The summed E-state index contributed by atoms with van der Waals surface area (Å²) in [5.41, 5.74) is 1.36. The van der Waals surface area contributed by atoms with Crippen LogP contribution in [0, 0.1) is 10.1 Å². The fourth-order valence-electron chi connectivity index (χ4n) is 3.35. The van der Waals surface area contributed by atoms with Crippen LogP contribution >= 0.6 is 11.3 Å². The van der Waals surface area contributed by atoms with E-state index in [0.717, 1.165) is 30.2 Å². The molecule has 1 aliphatic rings. The van der Waals surface area contributed by atoms with Crippen LogP contribution in [0.4, 0.5) is 5.69 Å². The van der Waals surface area contributed by atoms with Crippen molar-refractivity contribution in [3.05, 3.63) is 69.2 Å². The minimum Gasteiger partial charge on any atom is -0.327 e. The van der Waals surface area contributed by atoms with Gasteiger partial charge in [-0.1, -0.05) is 18.2 Å². The number of thiazole rings is 1. The van der Waals surface area contributed by atoms with Crippen molar-refractivity contribution in [3.8, 4) is 0 Å². The van der Waals surface area contributed by atoms with E-state index < -0.39 is 4.92 Å². The van der Waals surface area contributed by atoms with Crippen LogP contribution in [0.2, 0.25) is 0 Å². The van der Waals surface area contributed by atoms with Crippen LogP contribution in [-0.4, -0.2) is 46.9 Å². The van der Waals surface area contributed by atoms with Crippen molar-refractivity contribution in [2.45, 2.75) is 6.54 Å². The van der Waals surface area contributed by atoms with Crippen LogP contribution in [0.15, 0.2) is 48.5 Å². The molecule has 0 atom stereocenters. The molecule has 1 N–H and O–H groups in total. The monoisotopic (exact) mass is 383 g/mol. The smallest absolute Gasteiger partial charge is 0.270 e. The number of nitro groups is 1. The molecule has 1 aromatic heterocycles. The number of non-ortho nitro benzene ring substituents is 1. The van der Waals surface area contributed by atoms with E-state index in [1.165, 1.54) is 21.7 Å². The molecule has 8 heteroatoms. The van der Waals surface area contributed by atoms with E-state index in [-0.39, 0.29) is 11.6 Å². The fraction of sp³-hybridized carbons (Fsp3) is 0.263. The number of rotatable bonds is 4. The lowest BCUT2D eigenvalue weighted by Crippen LogP contribution is -3.13. The van der Waals surface area contributed by atoms with Crippen LogP contribution in [-0.2, 0) is 6.54 Å². The molecular weight excluding hydrogens is 364 g/mol. The minimum absolute atomic E-state index is 0.0547. The van der Waals surface area contributed by atoms with Gasteiger partial charge in [-0.2, -0.15) is 0 Å². The second-order valence-electron chi connectivity index (χ2n) is 6.60. The molecule has 0 unspecified atom stereocenters. The van der Waals surface area contributed by atoms with E-state index in [2.05, 4.69) is 11.1 Å². The lowest BCUT2D eigenvalue weighted by molar-refractivity contribution is -0.917. The number of amides is 1. The van der Waals surface area contributed by atoms with E-state index in [4.69, 9.17) is 0 Å². The first-order valence-electron chi connectivity index (χ1n) is 8.82. The van der Waals surface area contributed by atoms with Gasteiger partial charge in [-0.3, -0.25) is 14.9 Å². The molecular formula is C19H19N4O3S+. The Morgan fingerprint density at radius 1 is 1.19 bits per heavy atom. The van der Waals surface area contributed by atoms with Crippen LogP contribution in [0.3, 0.4) is 0 Å². The van der Waals surface area contributed by atoms with Crippen molar-refractivity contribution >= 4 is 33.1 Å². The van der Waals surface area contributed by atoms with Gasteiger partial charge in [-0.25, -0.2) is 4.98 Å². The maximum absolute atomic E-state index is 12.6. The molecule has 3 aromatic rings. The average molecular weight is 383 g/mol. The van der Waals surface area contributed by atoms with Gasteiger partial charge in [0, 0.05) is 17.7 Å². The minimum atomic E-state index is -0.475. The van der Waals surface area contributed by atoms with Gasteiger partial charge < -0.3 is 9.80 Å². The zero-order chi connectivity index (χ0) is 18.8. The molecule has 4 rings (SSSR count). The third kappa shape index (κ3) is 3.81. The summed E-state index contributed by atoms with van der Waals surface area (Å²) < 4.78 is 1.20. The molecule has 1 aliphatic heterocycles. The number of hydrogen-bond acceptors (Lipinski definition) is 5. The quantitative estimate of drug-likeness (QED) is 0.550. The van der Waals surface area contributed by atoms with Crippen LogP contribution in [0.1, 0.15) is 15.4 Å². The number of quaternary nitrogens is 1. The Balaban J connectivity index is 1.37. The van der Waals surface area contributed by atoms with Crippen molar-refractivity contribution in [1.29, 1.82) is 0 Å². The van der Waals surface area contributed by atoms with Crippen molar-refractivity contribution in [3.63, 3.8) is 0 Å². The third-order valence-corrected chi connectivity index (χ3v) is 5.84. The Labute approximate surface area is 160 Å². The molecule has 2 heterocycles. The molecule has 0 spiro atoms. The Hall–Kier alpha value is -2.84. The Morgan fingerprint density at radius 3 is 2.70 bits per heavy atom. The summed E-state index contributed by atoms with van der Waals surface area (Å²) >= 11 is 1.72. The maximum Gasteiger partial charge on any atom is 0.270 e. The number of benzene rings is 2. The molecule has 138 valence electrons. The number of nitro benzene ring substituents is 1. The molecule has 27 heavy (non-hydrogen) atoms. The second-order valence-corrected chi connectivity index (χ2v) is 7.72. The molecule has 1 saturated heterocycles. The van der Waals surface area contributed by atoms with Gasteiger partial charge >= 0.3 is 0 Å². The predicted molar refractivity (Wildman–Crippen MR) is 103 cm³/mol. The number of carbonyl (C=O) groups is 1. The van der Waals surface area contributed by atoms with E-state index in [0.29, 0.717) is 18.7 Å². The van der Waals surface area contributed by atoms with Gasteiger partial charge in [0.05, 0.1) is 41.3 Å². The lowest BCUT2D eigenvalue weighted by Gasteiger charge is -2.31. The standard InChI is InChI=1S/C19H18N4O3S/c24-19(14-4-3-5-15(12-14)23(25)26)22-10-8-21(9-11-22)13-18-20-16-6-1-2-7-17(16)27-18/h1-7,12H,8-11,13H2/p+1. The first-order valence-corrected chi connectivity index (χ1v) is 9.63. The SMILES string of the molecule is O=C(c1cccc([N+](=O)[O-])c1)N1CC[NH+](Cc2nc3ccccc3s2)CC1. The lowest BCUT2D eigenvalue weighted by atomic mass is 10.1. The van der Waals surface area contributed by atoms with Crippen molar-refractivity contribution in [2.75, 3.05) is 26.2 Å². The normalized spacial score (nSPS) is 15.2. The maximum atomic E-state index is 12.6. The van der Waals surface area contributed by atoms with E-state index in [1.807, 2.05) is 18.2 Å². The number of aromatic nitrogens is 1. The van der Waals surface area contributed by atoms with Gasteiger partial charge in [0.15, 0.2) is 0 Å². The van der Waals surface area contributed by atoms with Gasteiger partial charge in [-0.05, 0) is 18.2 Å². The zero-order valence-corrected chi connectivity index (χ0v) is 15.4. The molecule has 7 nitrogen and oxygen atoms in total. The number of piperazine rings is 1. The Kier molecular flexibility index (Phi) is 4.83. The van der Waals surface area contributed by atoms with Crippen LogP contribution in [0.25, 0.3) is 10.2 Å². The highest BCUT2D eigenvalue weighted by atomic mass is 32.1. The summed E-state index contributed by atoms with van der Waals surface area (Å²) in [6, 6.07) is 14.1. The van der Waals surface area contributed by atoms with Crippen LogP contribution < -0.4 is 4.90 Å². The molecule has 2 aromatic carbocycles. The molecule has 0 saturated carbocycles. The predicted octanol–water partition coefficient (Wildman–Crippen LogP) is 1.75. The molecule has 0 radical (unpaired) electrons. The van der Waals surface area contributed by atoms with Crippen molar-refractivity contribution in [2.24, 2.45) is 0 Å². The van der Waals surface area contributed by atoms with Crippen LogP contribution in [0.5, 0.6) is 0 Å². The number of hydrogen-bond donors (Lipinski definition) is 1. The van der Waals surface area contributed by atoms with Crippen molar-refractivity contribution in [1.82, 2.24) is 9.88 Å². The average Bonchev–Trinajstić information content (AvgIpc) is 3.10. The molecule has 0 bridgehead atoms. The van der Waals surface area contributed by atoms with E-state index in [9.17, 15) is 14.9 Å². The van der Waals surface area contributed by atoms with Crippen molar-refractivity contribution < 1.29 is 14.6 Å². The number of carbonyl (C=O) groups excluding carboxylic acids is 1. The second kappa shape index (κ2) is 7.42. The summed E-state index contributed by atoms with van der Waals surface area (Å²) in [6.07, 6.45) is 0. The van der Waals surface area contributed by atoms with Gasteiger partial charge in [-0.15, -0.1) is 11.3 Å². The van der Waals surface area contributed by atoms with Gasteiger partial charge in [0.25, 0.3) is 11.6 Å². The van der Waals surface area contributed by atoms with E-state index >= 15 is 0 Å². The third-order valence-electron chi connectivity index (χ3n) is 4.80. The summed E-state index contributed by atoms with van der Waals surface area (Å²) in [6.45, 7) is 3.83. The Morgan fingerprint density at radius 2 is 1.96 bits per heavy atom. The Bertz CT molecular complexity index is 962. The highest BCUT2D eigenvalue weighted by Crippen LogP contribution is 2.21. The number of nitrogens with one attached hydrogen (secondary N) is 1. The summed E-state index contributed by atoms with van der Waals surface area (Å²) in [4.78, 5) is 30.9. The largest absolute Gasteiger partial charge is 0.327 e. The van der Waals surface area contributed by atoms with E-state index in [1.54, 1.807) is 28.4 Å². The number of nitrogens with zero attached hydrogens (tertiary/aromatic N) is 3. The van der Waals surface area contributed by atoms with Gasteiger partial charge in [0.2, 0.25) is 0 Å².